The van der Waals surface area contributed by atoms with Crippen LogP contribution in [0.5, 0.6) is 0 Å². The van der Waals surface area contributed by atoms with Crippen molar-refractivity contribution in [2.24, 2.45) is 9.98 Å². The standard InChI is InChI=1S/C16H13N2.2W.Y/c1-12-7-15-9-16(8-12)11-18-14(3)6-4-5-13(2)17-10-15;;;/h2-3,7,9H,4-6H2,1H3;;;/q-5;2*+2;. The predicted molar refractivity (Wildman–Crippen MR) is 72.6 cm³/mol. The van der Waals surface area contributed by atoms with Crippen molar-refractivity contribution in [3.63, 3.8) is 0 Å². The van der Waals surface area contributed by atoms with Crippen LogP contribution in [-0.2, 0) is 74.8 Å². The summed E-state index contributed by atoms with van der Waals surface area (Å²) < 4.78 is 0. The van der Waals surface area contributed by atoms with Gasteiger partial charge in [-0.05, 0) is 6.42 Å². The second kappa shape index (κ2) is 12.0. The fourth-order valence-electron chi connectivity index (χ4n) is 1.67. The third-order valence-corrected chi connectivity index (χ3v) is 2.52. The van der Waals surface area contributed by atoms with E-state index in [-0.39, 0.29) is 74.8 Å². The van der Waals surface area contributed by atoms with E-state index in [9.17, 15) is 0 Å². The third-order valence-electron chi connectivity index (χ3n) is 2.52. The molecule has 0 saturated heterocycles. The molecule has 0 atom stereocenters. The molecular formula is C16H13N2W2Y-. The van der Waals surface area contributed by atoms with Crippen molar-refractivity contribution >= 4 is 12.4 Å². The van der Waals surface area contributed by atoms with Crippen LogP contribution in [0.1, 0.15) is 36.0 Å². The van der Waals surface area contributed by atoms with Crippen LogP contribution in [0.2, 0.25) is 0 Å². The largest absolute Gasteiger partial charge is 2.00 e. The summed E-state index contributed by atoms with van der Waals surface area (Å²) in [7, 11) is 0. The number of aryl methyl sites for hydroxylation is 1. The van der Waals surface area contributed by atoms with E-state index in [1.54, 1.807) is 0 Å². The summed E-state index contributed by atoms with van der Waals surface area (Å²) in [5.74, 6) is 0. The fourth-order valence-corrected chi connectivity index (χ4v) is 1.67. The van der Waals surface area contributed by atoms with Crippen LogP contribution in [0.25, 0.3) is 0 Å². The summed E-state index contributed by atoms with van der Waals surface area (Å²) >= 11 is 0. The normalized spacial score (nSPS) is 14.0. The number of hydrogen-bond donors (Lipinski definition) is 0. The topological polar surface area (TPSA) is 24.7 Å². The molecular weight excluding hydrogens is 677 g/mol. The molecule has 21 heavy (non-hydrogen) atoms. The molecule has 2 rings (SSSR count). The molecule has 0 aliphatic carbocycles. The van der Waals surface area contributed by atoms with Gasteiger partial charge in [0.1, 0.15) is 0 Å². The monoisotopic (exact) mass is 690 g/mol. The zero-order valence-electron chi connectivity index (χ0n) is 11.7. The summed E-state index contributed by atoms with van der Waals surface area (Å²) in [5, 5.41) is 0. The van der Waals surface area contributed by atoms with Crippen molar-refractivity contribution in [2.45, 2.75) is 26.2 Å². The van der Waals surface area contributed by atoms with Crippen molar-refractivity contribution in [3.8, 4) is 0 Å². The molecule has 1 aromatic rings. The molecule has 5 heteroatoms. The zero-order valence-corrected chi connectivity index (χ0v) is 20.4. The Kier molecular flexibility index (Phi) is 13.6. The van der Waals surface area contributed by atoms with Gasteiger partial charge in [0.15, 0.2) is 0 Å². The van der Waals surface area contributed by atoms with Crippen molar-refractivity contribution in [1.82, 2.24) is 0 Å². The number of rotatable bonds is 0. The Bertz CT molecular complexity index is 507. The maximum Gasteiger partial charge on any atom is 2.00 e. The second-order valence-electron chi connectivity index (χ2n) is 4.25. The van der Waals surface area contributed by atoms with Gasteiger partial charge in [-0.15, -0.1) is 0 Å². The average molecular weight is 690 g/mol. The van der Waals surface area contributed by atoms with Gasteiger partial charge < -0.3 is 23.1 Å². The van der Waals surface area contributed by atoms with Gasteiger partial charge in [0.05, 0.1) is 0 Å². The summed E-state index contributed by atoms with van der Waals surface area (Å²) in [5.41, 5.74) is 3.67. The number of allylic oxidation sites excluding steroid dienone is 2. The minimum absolute atomic E-state index is 0. The molecule has 2 nitrogen and oxygen atoms in total. The van der Waals surface area contributed by atoms with Gasteiger partial charge >= 0.3 is 42.1 Å². The Hall–Kier alpha value is 0.521. The summed E-state index contributed by atoms with van der Waals surface area (Å²) in [6.45, 7) is 13.5. The van der Waals surface area contributed by atoms with Crippen molar-refractivity contribution < 1.29 is 74.8 Å². The van der Waals surface area contributed by atoms with Gasteiger partial charge in [-0.25, -0.2) is 29.0 Å². The Balaban J connectivity index is 0. The fraction of sp³-hybridized carbons (Fsp3) is 0.250. The number of nitrogens with zero attached hydrogens (tertiary/aromatic N) is 2. The van der Waals surface area contributed by atoms with Gasteiger partial charge in [0.25, 0.3) is 0 Å². The molecule has 0 unspecified atom stereocenters. The number of fused-ring (bicyclic) bond motifs is 2. The Morgan fingerprint density at radius 2 is 1.57 bits per heavy atom. The average Bonchev–Trinajstić information content (AvgIpc) is 2.32. The van der Waals surface area contributed by atoms with E-state index >= 15 is 0 Å². The van der Waals surface area contributed by atoms with Gasteiger partial charge in [0.2, 0.25) is 0 Å². The first kappa shape index (κ1) is 23.8. The molecule has 0 fully saturated rings. The van der Waals surface area contributed by atoms with Gasteiger partial charge in [0, 0.05) is 32.7 Å². The van der Waals surface area contributed by atoms with Gasteiger partial charge in [-0.2, -0.15) is 11.9 Å². The summed E-state index contributed by atoms with van der Waals surface area (Å²) in [6, 6.07) is 6.92. The van der Waals surface area contributed by atoms with E-state index < -0.39 is 0 Å². The first-order valence-corrected chi connectivity index (χ1v) is 5.83. The van der Waals surface area contributed by atoms with Crippen molar-refractivity contribution in [3.05, 3.63) is 59.4 Å². The van der Waals surface area contributed by atoms with Crippen LogP contribution >= 0.6 is 0 Å². The molecule has 103 valence electrons. The minimum Gasteiger partial charge on any atom is -0.545 e. The SMILES string of the molecule is [CH-]=C1CCCC(=[CH-])N=[C-]c2cc(C)[c-]c(c2)[C-]=N1.[W+2].[W+2].[Y]. The summed E-state index contributed by atoms with van der Waals surface area (Å²) in [4.78, 5) is 8.22. The molecule has 0 saturated carbocycles. The molecule has 1 heterocycles. The van der Waals surface area contributed by atoms with Crippen LogP contribution in [-0.4, -0.2) is 12.4 Å². The van der Waals surface area contributed by atoms with Crippen LogP contribution in [0.15, 0.2) is 33.5 Å². The van der Waals surface area contributed by atoms with E-state index in [2.05, 4.69) is 28.5 Å². The van der Waals surface area contributed by atoms with E-state index in [1.807, 2.05) is 19.1 Å². The molecule has 1 aliphatic rings. The number of hydrogen-bond acceptors (Lipinski definition) is 2. The van der Waals surface area contributed by atoms with Crippen LogP contribution in [0.4, 0.5) is 0 Å². The van der Waals surface area contributed by atoms with E-state index in [4.69, 9.17) is 13.2 Å². The zero-order chi connectivity index (χ0) is 13.0. The maximum atomic E-state index is 5.79. The summed E-state index contributed by atoms with van der Waals surface area (Å²) in [6.07, 6.45) is 8.01. The van der Waals surface area contributed by atoms with Crippen molar-refractivity contribution in [2.75, 3.05) is 0 Å². The van der Waals surface area contributed by atoms with Crippen LogP contribution < -0.4 is 0 Å². The van der Waals surface area contributed by atoms with E-state index in [0.717, 1.165) is 23.1 Å². The molecule has 1 aromatic carbocycles. The maximum absolute atomic E-state index is 5.79. The molecule has 2 bridgehead atoms. The molecule has 1 radical (unpaired) electrons. The Morgan fingerprint density at radius 3 is 2.19 bits per heavy atom. The molecule has 0 N–H and O–H groups in total. The van der Waals surface area contributed by atoms with Crippen molar-refractivity contribution in [1.29, 1.82) is 0 Å². The first-order chi connectivity index (χ1) is 8.63. The third kappa shape index (κ3) is 8.65. The second-order valence-corrected chi connectivity index (χ2v) is 4.25. The Labute approximate surface area is 181 Å². The van der Waals surface area contributed by atoms with Crippen LogP contribution in [0, 0.1) is 26.1 Å². The van der Waals surface area contributed by atoms with Gasteiger partial charge in [-0.3, -0.25) is 11.6 Å². The smallest absolute Gasteiger partial charge is 0.545 e. The quantitative estimate of drug-likeness (QED) is 0.375. The van der Waals surface area contributed by atoms with Crippen LogP contribution in [0.3, 0.4) is 0 Å². The van der Waals surface area contributed by atoms with E-state index in [1.165, 1.54) is 0 Å². The predicted octanol–water partition coefficient (Wildman–Crippen LogP) is 3.20. The Morgan fingerprint density at radius 1 is 1.00 bits per heavy atom. The number of benzene rings is 1. The van der Waals surface area contributed by atoms with E-state index in [0.29, 0.717) is 24.2 Å². The molecule has 0 spiro atoms. The molecule has 0 amide bonds. The molecule has 0 aromatic heterocycles. The van der Waals surface area contributed by atoms with Gasteiger partial charge in [-0.1, -0.05) is 26.0 Å². The molecule has 1 aliphatic heterocycles. The number of aliphatic imine (C=N–C) groups is 2. The first-order valence-electron chi connectivity index (χ1n) is 5.83. The minimum atomic E-state index is 0.